The van der Waals surface area contributed by atoms with E-state index in [-0.39, 0.29) is 5.97 Å². The summed E-state index contributed by atoms with van der Waals surface area (Å²) in [7, 11) is 0. The third-order valence-electron chi connectivity index (χ3n) is 5.10. The van der Waals surface area contributed by atoms with E-state index < -0.39 is 4.75 Å². The fourth-order valence-corrected chi connectivity index (χ4v) is 4.52. The average molecular weight is 396 g/mol. The largest absolute Gasteiger partial charge is 0.465 e. The van der Waals surface area contributed by atoms with Crippen LogP contribution in [0.25, 0.3) is 16.5 Å². The molecule has 0 atom stereocenters. The minimum Gasteiger partial charge on any atom is -0.465 e. The van der Waals surface area contributed by atoms with Crippen molar-refractivity contribution in [2.24, 2.45) is 0 Å². The quantitative estimate of drug-likeness (QED) is 0.432. The van der Waals surface area contributed by atoms with Crippen molar-refractivity contribution in [3.63, 3.8) is 0 Å². The van der Waals surface area contributed by atoms with E-state index in [1.54, 1.807) is 0 Å². The molecule has 0 radical (unpaired) electrons. The summed E-state index contributed by atoms with van der Waals surface area (Å²) in [5.74, 6) is 1.23. The van der Waals surface area contributed by atoms with Crippen molar-refractivity contribution in [3.8, 4) is 5.69 Å². The van der Waals surface area contributed by atoms with Gasteiger partial charge in [-0.1, -0.05) is 42.1 Å². The van der Waals surface area contributed by atoms with Crippen LogP contribution in [0.15, 0.2) is 41.6 Å². The van der Waals surface area contributed by atoms with E-state index in [1.807, 2.05) is 32.3 Å². The SMILES string of the molecule is CCOC(=O)C(C)(C)Sc1nnc(C)n1-c1ccc(C2CC2)c2ccccc12. The van der Waals surface area contributed by atoms with Crippen LogP contribution < -0.4 is 0 Å². The Labute approximate surface area is 169 Å². The molecule has 146 valence electrons. The summed E-state index contributed by atoms with van der Waals surface area (Å²) in [6.07, 6.45) is 2.54. The molecule has 0 saturated heterocycles. The Bertz CT molecular complexity index is 1040. The first-order chi connectivity index (χ1) is 13.4. The second kappa shape index (κ2) is 7.24. The summed E-state index contributed by atoms with van der Waals surface area (Å²) in [5, 5.41) is 11.8. The van der Waals surface area contributed by atoms with Crippen molar-refractivity contribution in [3.05, 3.63) is 47.8 Å². The van der Waals surface area contributed by atoms with E-state index in [0.29, 0.717) is 17.7 Å². The molecule has 3 aromatic rings. The highest BCUT2D eigenvalue weighted by atomic mass is 32.2. The number of rotatable bonds is 6. The van der Waals surface area contributed by atoms with Gasteiger partial charge >= 0.3 is 5.97 Å². The minimum absolute atomic E-state index is 0.249. The molecule has 1 aliphatic carbocycles. The van der Waals surface area contributed by atoms with Gasteiger partial charge in [0.1, 0.15) is 10.6 Å². The molecule has 6 heteroatoms. The van der Waals surface area contributed by atoms with Crippen LogP contribution in [0.1, 0.15) is 50.9 Å². The van der Waals surface area contributed by atoms with Gasteiger partial charge in [0.05, 0.1) is 12.3 Å². The molecule has 0 unspecified atom stereocenters. The Morgan fingerprint density at radius 1 is 1.18 bits per heavy atom. The molecular formula is C22H25N3O2S. The lowest BCUT2D eigenvalue weighted by molar-refractivity contribution is -0.145. The molecule has 1 aliphatic rings. The van der Waals surface area contributed by atoms with E-state index in [9.17, 15) is 4.79 Å². The summed E-state index contributed by atoms with van der Waals surface area (Å²) in [4.78, 5) is 12.4. The number of carbonyl (C=O) groups is 1. The molecule has 0 amide bonds. The predicted octanol–water partition coefficient (Wildman–Crippen LogP) is 5.04. The summed E-state index contributed by atoms with van der Waals surface area (Å²) >= 11 is 1.38. The van der Waals surface area contributed by atoms with Crippen molar-refractivity contribution < 1.29 is 9.53 Å². The van der Waals surface area contributed by atoms with Crippen LogP contribution in [0.5, 0.6) is 0 Å². The van der Waals surface area contributed by atoms with E-state index in [1.165, 1.54) is 40.9 Å². The third kappa shape index (κ3) is 3.41. The number of aryl methyl sites for hydroxylation is 1. The van der Waals surface area contributed by atoms with Crippen LogP contribution in [0.2, 0.25) is 0 Å². The summed E-state index contributed by atoms with van der Waals surface area (Å²) in [6.45, 7) is 7.84. The van der Waals surface area contributed by atoms with Gasteiger partial charge < -0.3 is 4.74 Å². The molecule has 5 nitrogen and oxygen atoms in total. The van der Waals surface area contributed by atoms with Crippen LogP contribution >= 0.6 is 11.8 Å². The Morgan fingerprint density at radius 3 is 2.57 bits per heavy atom. The first kappa shape index (κ1) is 19.0. The number of benzene rings is 2. The highest BCUT2D eigenvalue weighted by molar-refractivity contribution is 8.01. The predicted molar refractivity (Wildman–Crippen MR) is 112 cm³/mol. The molecule has 28 heavy (non-hydrogen) atoms. The monoisotopic (exact) mass is 395 g/mol. The zero-order chi connectivity index (χ0) is 19.9. The normalized spacial score (nSPS) is 14.4. The van der Waals surface area contributed by atoms with Gasteiger partial charge in [-0.25, -0.2) is 0 Å². The average Bonchev–Trinajstić information content (AvgIpc) is 3.45. The number of aromatic nitrogens is 3. The van der Waals surface area contributed by atoms with Gasteiger partial charge in [0.15, 0.2) is 5.16 Å². The highest BCUT2D eigenvalue weighted by Gasteiger charge is 2.33. The van der Waals surface area contributed by atoms with Crippen molar-refractivity contribution in [1.29, 1.82) is 0 Å². The highest BCUT2D eigenvalue weighted by Crippen LogP contribution is 2.44. The fraction of sp³-hybridized carbons (Fsp3) is 0.409. The molecule has 0 aliphatic heterocycles. The van der Waals surface area contributed by atoms with Gasteiger partial charge in [-0.05, 0) is 63.5 Å². The Hall–Kier alpha value is -2.34. The van der Waals surface area contributed by atoms with Crippen LogP contribution in [0.3, 0.4) is 0 Å². The second-order valence-electron chi connectivity index (χ2n) is 7.69. The molecule has 1 saturated carbocycles. The summed E-state index contributed by atoms with van der Waals surface area (Å²) in [6, 6.07) is 12.9. The Balaban J connectivity index is 1.80. The van der Waals surface area contributed by atoms with Gasteiger partial charge in [0.25, 0.3) is 0 Å². The summed E-state index contributed by atoms with van der Waals surface area (Å²) < 4.78 is 6.53. The number of carbonyl (C=O) groups excluding carboxylic acids is 1. The maximum atomic E-state index is 12.4. The van der Waals surface area contributed by atoms with E-state index in [4.69, 9.17) is 4.74 Å². The van der Waals surface area contributed by atoms with Crippen LogP contribution in [-0.4, -0.2) is 32.1 Å². The lowest BCUT2D eigenvalue weighted by Gasteiger charge is -2.22. The topological polar surface area (TPSA) is 57.0 Å². The van der Waals surface area contributed by atoms with Gasteiger partial charge in [0.2, 0.25) is 0 Å². The van der Waals surface area contributed by atoms with Gasteiger partial charge in [-0.3, -0.25) is 9.36 Å². The fourth-order valence-electron chi connectivity index (χ4n) is 3.51. The van der Waals surface area contributed by atoms with Crippen LogP contribution in [0, 0.1) is 6.92 Å². The molecule has 4 rings (SSSR count). The van der Waals surface area contributed by atoms with Gasteiger partial charge in [0, 0.05) is 5.39 Å². The Kier molecular flexibility index (Phi) is 4.91. The number of ether oxygens (including phenoxy) is 1. The first-order valence-electron chi connectivity index (χ1n) is 9.72. The molecule has 0 N–H and O–H groups in total. The number of hydrogen-bond acceptors (Lipinski definition) is 5. The van der Waals surface area contributed by atoms with E-state index in [2.05, 4.69) is 46.6 Å². The lowest BCUT2D eigenvalue weighted by Crippen LogP contribution is -2.30. The molecule has 1 heterocycles. The Morgan fingerprint density at radius 2 is 1.89 bits per heavy atom. The van der Waals surface area contributed by atoms with Crippen molar-refractivity contribution >= 4 is 28.5 Å². The molecule has 1 aromatic heterocycles. The zero-order valence-electron chi connectivity index (χ0n) is 16.7. The first-order valence-corrected chi connectivity index (χ1v) is 10.5. The maximum absolute atomic E-state index is 12.4. The summed E-state index contributed by atoms with van der Waals surface area (Å²) in [5.41, 5.74) is 2.47. The smallest absolute Gasteiger partial charge is 0.322 e. The molecule has 0 spiro atoms. The molecule has 0 bridgehead atoms. The maximum Gasteiger partial charge on any atom is 0.322 e. The number of fused-ring (bicyclic) bond motifs is 1. The van der Waals surface area contributed by atoms with Crippen LogP contribution in [-0.2, 0) is 9.53 Å². The second-order valence-corrected chi connectivity index (χ2v) is 9.28. The van der Waals surface area contributed by atoms with E-state index in [0.717, 1.165) is 11.5 Å². The minimum atomic E-state index is -0.753. The van der Waals surface area contributed by atoms with E-state index >= 15 is 0 Å². The third-order valence-corrected chi connectivity index (χ3v) is 6.23. The van der Waals surface area contributed by atoms with Crippen molar-refractivity contribution in [2.75, 3.05) is 6.61 Å². The van der Waals surface area contributed by atoms with Gasteiger partial charge in [-0.15, -0.1) is 10.2 Å². The lowest BCUT2D eigenvalue weighted by atomic mass is 9.99. The number of thioether (sulfide) groups is 1. The molecular weight excluding hydrogens is 370 g/mol. The zero-order valence-corrected chi connectivity index (χ0v) is 17.5. The molecule has 2 aromatic carbocycles. The molecule has 1 fully saturated rings. The van der Waals surface area contributed by atoms with Crippen LogP contribution in [0.4, 0.5) is 0 Å². The number of hydrogen-bond donors (Lipinski definition) is 0. The number of nitrogens with zero attached hydrogens (tertiary/aromatic N) is 3. The number of esters is 1. The van der Waals surface area contributed by atoms with Crippen molar-refractivity contribution in [2.45, 2.75) is 56.4 Å². The van der Waals surface area contributed by atoms with Gasteiger partial charge in [-0.2, -0.15) is 0 Å². The standard InChI is InChI=1S/C22H25N3O2S/c1-5-27-20(26)22(3,4)28-21-24-23-14(2)25(21)19-13-12-16(15-10-11-15)17-8-6-7-9-18(17)19/h6-9,12-13,15H,5,10-11H2,1-4H3. The van der Waals surface area contributed by atoms with Crippen molar-refractivity contribution in [1.82, 2.24) is 14.8 Å².